The average Bonchev–Trinajstić information content (AvgIpc) is 2.92. The van der Waals surface area contributed by atoms with E-state index in [0.29, 0.717) is 11.9 Å². The summed E-state index contributed by atoms with van der Waals surface area (Å²) in [6.45, 7) is 12.1. The van der Waals surface area contributed by atoms with E-state index in [1.165, 1.54) is 0 Å². The molecule has 0 aromatic carbocycles. The fraction of sp³-hybridized carbons (Fsp3) is 0.684. The minimum absolute atomic E-state index is 0. The molecule has 0 unspecified atom stereocenters. The van der Waals surface area contributed by atoms with Crippen LogP contribution in [-0.4, -0.2) is 66.0 Å². The Kier molecular flexibility index (Phi) is 7.08. The summed E-state index contributed by atoms with van der Waals surface area (Å²) in [6.07, 6.45) is 3.97. The van der Waals surface area contributed by atoms with Gasteiger partial charge in [0.25, 0.3) is 0 Å². The molecule has 5 nitrogen and oxygen atoms in total. The second kappa shape index (κ2) is 8.86. The fourth-order valence-corrected chi connectivity index (χ4v) is 3.78. The van der Waals surface area contributed by atoms with E-state index in [0.717, 1.165) is 63.5 Å². The van der Waals surface area contributed by atoms with Crippen molar-refractivity contribution in [1.29, 1.82) is 0 Å². The number of carbonyl (C=O) groups excluding carboxylic acids is 1. The van der Waals surface area contributed by atoms with E-state index in [-0.39, 0.29) is 18.3 Å². The lowest BCUT2D eigenvalue weighted by Crippen LogP contribution is -2.40. The molecule has 140 valence electrons. The molecule has 2 saturated heterocycles. The Balaban J connectivity index is 0.00000225. The molecule has 1 aromatic rings. The molecule has 1 amide bonds. The lowest BCUT2D eigenvalue weighted by Gasteiger charge is -2.26. The molecule has 0 saturated carbocycles. The monoisotopic (exact) mass is 366 g/mol. The van der Waals surface area contributed by atoms with E-state index < -0.39 is 0 Å². The van der Waals surface area contributed by atoms with Gasteiger partial charge in [0.05, 0.1) is 17.8 Å². The molecule has 0 N–H and O–H groups in total. The highest BCUT2D eigenvalue weighted by molar-refractivity contribution is 5.85. The number of carbonyl (C=O) groups is 1. The van der Waals surface area contributed by atoms with Gasteiger partial charge in [0.1, 0.15) is 0 Å². The molecular formula is C19H31ClN4O. The lowest BCUT2D eigenvalue weighted by molar-refractivity contribution is -0.134. The third-order valence-corrected chi connectivity index (χ3v) is 5.37. The van der Waals surface area contributed by atoms with Crippen LogP contribution in [0.4, 0.5) is 5.69 Å². The molecule has 2 aliphatic rings. The number of amides is 1. The van der Waals surface area contributed by atoms with Gasteiger partial charge in [-0.05, 0) is 45.7 Å². The molecule has 0 bridgehead atoms. The molecule has 3 heterocycles. The second-order valence-corrected chi connectivity index (χ2v) is 7.40. The maximum Gasteiger partial charge on any atom is 0.227 e. The van der Waals surface area contributed by atoms with E-state index in [4.69, 9.17) is 0 Å². The summed E-state index contributed by atoms with van der Waals surface area (Å²) in [5.74, 6) is 0.486. The number of hydrogen-bond acceptors (Lipinski definition) is 4. The predicted octanol–water partition coefficient (Wildman–Crippen LogP) is 2.58. The molecular weight excluding hydrogens is 336 g/mol. The van der Waals surface area contributed by atoms with E-state index in [9.17, 15) is 4.79 Å². The number of aryl methyl sites for hydroxylation is 1. The molecule has 1 aromatic heterocycles. The van der Waals surface area contributed by atoms with Gasteiger partial charge >= 0.3 is 0 Å². The van der Waals surface area contributed by atoms with Gasteiger partial charge in [-0.2, -0.15) is 0 Å². The average molecular weight is 367 g/mol. The van der Waals surface area contributed by atoms with Crippen molar-refractivity contribution in [3.8, 4) is 0 Å². The summed E-state index contributed by atoms with van der Waals surface area (Å²) in [4.78, 5) is 24.2. The number of anilines is 1. The quantitative estimate of drug-likeness (QED) is 0.824. The van der Waals surface area contributed by atoms with E-state index >= 15 is 0 Å². The van der Waals surface area contributed by atoms with Crippen LogP contribution in [-0.2, 0) is 4.79 Å². The van der Waals surface area contributed by atoms with Gasteiger partial charge < -0.3 is 9.80 Å². The van der Waals surface area contributed by atoms with Gasteiger partial charge in [-0.3, -0.25) is 14.7 Å². The Morgan fingerprint density at radius 2 is 1.96 bits per heavy atom. The van der Waals surface area contributed by atoms with Crippen LogP contribution in [0.2, 0.25) is 0 Å². The number of pyridine rings is 1. The number of halogens is 1. The summed E-state index contributed by atoms with van der Waals surface area (Å²) in [5, 5.41) is 0. The number of nitrogens with zero attached hydrogens (tertiary/aromatic N) is 4. The molecule has 6 heteroatoms. The van der Waals surface area contributed by atoms with Gasteiger partial charge in [-0.15, -0.1) is 12.4 Å². The number of rotatable bonds is 3. The third-order valence-electron chi connectivity index (χ3n) is 5.37. The molecule has 25 heavy (non-hydrogen) atoms. The van der Waals surface area contributed by atoms with Gasteiger partial charge in [0.2, 0.25) is 5.91 Å². The molecule has 2 fully saturated rings. The molecule has 0 spiro atoms. The SMILES string of the molecule is Cc1ccc(N2CC[C@H](C(=O)N3CCCN(C(C)C)CC3)C2)cn1.Cl. The zero-order valence-corrected chi connectivity index (χ0v) is 16.5. The molecule has 2 aliphatic heterocycles. The topological polar surface area (TPSA) is 39.7 Å². The van der Waals surface area contributed by atoms with E-state index in [2.05, 4.69) is 39.6 Å². The Labute approximate surface area is 157 Å². The van der Waals surface area contributed by atoms with Crippen LogP contribution in [0.25, 0.3) is 0 Å². The third kappa shape index (κ3) is 4.85. The standard InChI is InChI=1S/C19H30N4O.ClH/c1-15(2)21-8-4-9-22(12-11-21)19(24)17-7-10-23(14-17)18-6-5-16(3)20-13-18;/h5-6,13,15,17H,4,7-12,14H2,1-3H3;1H/t17-;/m0./s1. The summed E-state index contributed by atoms with van der Waals surface area (Å²) in [6, 6.07) is 4.72. The summed E-state index contributed by atoms with van der Waals surface area (Å²) in [5.41, 5.74) is 2.17. The van der Waals surface area contributed by atoms with Crippen molar-refractivity contribution < 1.29 is 4.79 Å². The zero-order chi connectivity index (χ0) is 17.1. The first kappa shape index (κ1) is 20.0. The van der Waals surface area contributed by atoms with Crippen molar-refractivity contribution in [2.45, 2.75) is 39.7 Å². The van der Waals surface area contributed by atoms with Crippen molar-refractivity contribution in [2.75, 3.05) is 44.2 Å². The normalized spacial score (nSPS) is 22.0. The Morgan fingerprint density at radius 1 is 1.16 bits per heavy atom. The molecule has 0 aliphatic carbocycles. The predicted molar refractivity (Wildman–Crippen MR) is 104 cm³/mol. The Hall–Kier alpha value is -1.33. The van der Waals surface area contributed by atoms with Gasteiger partial charge in [0, 0.05) is 51.0 Å². The van der Waals surface area contributed by atoms with Crippen LogP contribution < -0.4 is 4.90 Å². The Bertz CT molecular complexity index is 563. The van der Waals surface area contributed by atoms with Gasteiger partial charge in [-0.25, -0.2) is 0 Å². The smallest absolute Gasteiger partial charge is 0.227 e. The number of hydrogen-bond donors (Lipinski definition) is 0. The van der Waals surface area contributed by atoms with Crippen molar-refractivity contribution in [3.63, 3.8) is 0 Å². The fourth-order valence-electron chi connectivity index (χ4n) is 3.78. The highest BCUT2D eigenvalue weighted by atomic mass is 35.5. The molecule has 3 rings (SSSR count). The molecule has 1 atom stereocenters. The van der Waals surface area contributed by atoms with Crippen molar-refractivity contribution in [1.82, 2.24) is 14.8 Å². The van der Waals surface area contributed by atoms with Crippen LogP contribution in [0.3, 0.4) is 0 Å². The van der Waals surface area contributed by atoms with Crippen molar-refractivity contribution in [3.05, 3.63) is 24.0 Å². The van der Waals surface area contributed by atoms with Gasteiger partial charge in [0.15, 0.2) is 0 Å². The minimum atomic E-state index is 0. The van der Waals surface area contributed by atoms with Crippen molar-refractivity contribution >= 4 is 24.0 Å². The highest BCUT2D eigenvalue weighted by Crippen LogP contribution is 2.25. The van der Waals surface area contributed by atoms with Crippen LogP contribution in [0.1, 0.15) is 32.4 Å². The highest BCUT2D eigenvalue weighted by Gasteiger charge is 2.32. The first-order valence-electron chi connectivity index (χ1n) is 9.25. The Morgan fingerprint density at radius 3 is 2.64 bits per heavy atom. The van der Waals surface area contributed by atoms with Gasteiger partial charge in [-0.1, -0.05) is 0 Å². The van der Waals surface area contributed by atoms with Crippen LogP contribution >= 0.6 is 12.4 Å². The second-order valence-electron chi connectivity index (χ2n) is 7.40. The van der Waals surface area contributed by atoms with Crippen LogP contribution in [0.15, 0.2) is 18.3 Å². The maximum absolute atomic E-state index is 12.9. The van der Waals surface area contributed by atoms with E-state index in [1.54, 1.807) is 0 Å². The summed E-state index contributed by atoms with van der Waals surface area (Å²) >= 11 is 0. The summed E-state index contributed by atoms with van der Waals surface area (Å²) < 4.78 is 0. The minimum Gasteiger partial charge on any atom is -0.369 e. The van der Waals surface area contributed by atoms with Crippen molar-refractivity contribution in [2.24, 2.45) is 5.92 Å². The van der Waals surface area contributed by atoms with Crippen LogP contribution in [0.5, 0.6) is 0 Å². The summed E-state index contributed by atoms with van der Waals surface area (Å²) in [7, 11) is 0. The number of aromatic nitrogens is 1. The largest absolute Gasteiger partial charge is 0.369 e. The molecule has 0 radical (unpaired) electrons. The zero-order valence-electron chi connectivity index (χ0n) is 15.6. The maximum atomic E-state index is 12.9. The lowest BCUT2D eigenvalue weighted by atomic mass is 10.1. The first-order chi connectivity index (χ1) is 11.5. The first-order valence-corrected chi connectivity index (χ1v) is 9.25. The van der Waals surface area contributed by atoms with Crippen LogP contribution in [0, 0.1) is 12.8 Å². The van der Waals surface area contributed by atoms with E-state index in [1.807, 2.05) is 19.2 Å².